The van der Waals surface area contributed by atoms with Crippen molar-refractivity contribution in [3.8, 4) is 0 Å². The molecule has 3 rings (SSSR count). The van der Waals surface area contributed by atoms with E-state index in [1.54, 1.807) is 0 Å². The van der Waals surface area contributed by atoms with Crippen LogP contribution in [0.3, 0.4) is 0 Å². The van der Waals surface area contributed by atoms with Crippen LogP contribution < -0.4 is 5.32 Å². The first-order chi connectivity index (χ1) is 13.4. The minimum absolute atomic E-state index is 0.00328. The summed E-state index contributed by atoms with van der Waals surface area (Å²) >= 11 is 3.36. The number of piperidine rings is 1. The number of hydrogen-bond donors (Lipinski definition) is 1. The number of morpholine rings is 1. The minimum Gasteiger partial charge on any atom is -0.379 e. The Hall–Kier alpha value is -1.00. The predicted octanol–water partition coefficient (Wildman–Crippen LogP) is 1.44. The molecule has 2 saturated heterocycles. The van der Waals surface area contributed by atoms with Gasteiger partial charge in [-0.25, -0.2) is 12.7 Å². The molecule has 1 aromatic rings. The van der Waals surface area contributed by atoms with Crippen LogP contribution in [0.15, 0.2) is 28.7 Å². The van der Waals surface area contributed by atoms with Gasteiger partial charge in [0.25, 0.3) is 0 Å². The first kappa shape index (κ1) is 21.7. The fourth-order valence-electron chi connectivity index (χ4n) is 3.59. The number of nitrogens with one attached hydrogen (secondary N) is 1. The van der Waals surface area contributed by atoms with E-state index in [0.29, 0.717) is 32.5 Å². The Balaban J connectivity index is 1.41. The maximum atomic E-state index is 12.7. The molecule has 2 aliphatic rings. The molecule has 1 amide bonds. The molecular formula is C19H28BrN3O4S. The van der Waals surface area contributed by atoms with Crippen LogP contribution in [0, 0.1) is 5.92 Å². The van der Waals surface area contributed by atoms with Crippen LogP contribution >= 0.6 is 15.9 Å². The largest absolute Gasteiger partial charge is 0.379 e. The fourth-order valence-corrected chi connectivity index (χ4v) is 5.41. The van der Waals surface area contributed by atoms with Crippen molar-refractivity contribution in [1.29, 1.82) is 0 Å². The minimum atomic E-state index is -3.36. The van der Waals surface area contributed by atoms with E-state index in [1.165, 1.54) is 4.31 Å². The van der Waals surface area contributed by atoms with E-state index in [2.05, 4.69) is 26.1 Å². The number of sulfonamides is 1. The van der Waals surface area contributed by atoms with Crippen LogP contribution in [0.25, 0.3) is 0 Å². The van der Waals surface area contributed by atoms with Crippen LogP contribution in [0.5, 0.6) is 0 Å². The molecule has 156 valence electrons. The lowest BCUT2D eigenvalue weighted by atomic mass is 9.97. The summed E-state index contributed by atoms with van der Waals surface area (Å²) in [7, 11) is -3.36. The quantitative estimate of drug-likeness (QED) is 0.647. The van der Waals surface area contributed by atoms with Crippen molar-refractivity contribution >= 4 is 31.9 Å². The number of carbonyl (C=O) groups is 1. The van der Waals surface area contributed by atoms with E-state index in [4.69, 9.17) is 4.74 Å². The Kier molecular flexibility index (Phi) is 7.87. The van der Waals surface area contributed by atoms with E-state index in [9.17, 15) is 13.2 Å². The lowest BCUT2D eigenvalue weighted by Crippen LogP contribution is -2.45. The molecule has 0 aromatic heterocycles. The third-order valence-electron chi connectivity index (χ3n) is 5.31. The summed E-state index contributed by atoms with van der Waals surface area (Å²) in [6.07, 6.45) is 1.14. The molecule has 2 aliphatic heterocycles. The molecule has 0 unspecified atom stereocenters. The smallest absolute Gasteiger partial charge is 0.223 e. The second-order valence-electron chi connectivity index (χ2n) is 7.30. The SMILES string of the molecule is O=C(NCCN1CCOCC1)C1CCN(S(=O)(=O)Cc2ccc(Br)cc2)CC1. The number of ether oxygens (including phenoxy) is 1. The zero-order chi connectivity index (χ0) is 20.0. The maximum absolute atomic E-state index is 12.7. The van der Waals surface area contributed by atoms with E-state index in [0.717, 1.165) is 42.9 Å². The molecule has 0 aliphatic carbocycles. The van der Waals surface area contributed by atoms with Gasteiger partial charge in [0.1, 0.15) is 0 Å². The van der Waals surface area contributed by atoms with Gasteiger partial charge in [0.2, 0.25) is 15.9 Å². The Labute approximate surface area is 175 Å². The van der Waals surface area contributed by atoms with Gasteiger partial charge in [0.05, 0.1) is 19.0 Å². The highest BCUT2D eigenvalue weighted by Gasteiger charge is 2.31. The van der Waals surface area contributed by atoms with E-state index in [-0.39, 0.29) is 17.6 Å². The average Bonchev–Trinajstić information content (AvgIpc) is 2.70. The zero-order valence-corrected chi connectivity index (χ0v) is 18.4. The lowest BCUT2D eigenvalue weighted by Gasteiger charge is -2.31. The molecular weight excluding hydrogens is 446 g/mol. The lowest BCUT2D eigenvalue weighted by molar-refractivity contribution is -0.126. The number of hydrogen-bond acceptors (Lipinski definition) is 5. The van der Waals surface area contributed by atoms with Crippen molar-refractivity contribution in [2.24, 2.45) is 5.92 Å². The van der Waals surface area contributed by atoms with Crippen molar-refractivity contribution < 1.29 is 17.9 Å². The molecule has 1 aromatic carbocycles. The van der Waals surface area contributed by atoms with Gasteiger partial charge in [-0.3, -0.25) is 9.69 Å². The van der Waals surface area contributed by atoms with Crippen molar-refractivity contribution in [2.45, 2.75) is 18.6 Å². The van der Waals surface area contributed by atoms with Crippen molar-refractivity contribution in [3.05, 3.63) is 34.3 Å². The van der Waals surface area contributed by atoms with Crippen LogP contribution in [0.1, 0.15) is 18.4 Å². The molecule has 2 heterocycles. The number of halogens is 1. The van der Waals surface area contributed by atoms with Crippen molar-refractivity contribution in [3.63, 3.8) is 0 Å². The van der Waals surface area contributed by atoms with Gasteiger partial charge in [-0.2, -0.15) is 0 Å². The molecule has 1 N–H and O–H groups in total. The van der Waals surface area contributed by atoms with Gasteiger partial charge >= 0.3 is 0 Å². The third-order valence-corrected chi connectivity index (χ3v) is 7.69. The molecule has 28 heavy (non-hydrogen) atoms. The summed E-state index contributed by atoms with van der Waals surface area (Å²) in [4.78, 5) is 14.7. The Morgan fingerprint density at radius 1 is 1.11 bits per heavy atom. The van der Waals surface area contributed by atoms with Gasteiger partial charge in [-0.15, -0.1) is 0 Å². The number of benzene rings is 1. The van der Waals surface area contributed by atoms with Crippen LogP contribution in [-0.2, 0) is 25.3 Å². The van der Waals surface area contributed by atoms with E-state index >= 15 is 0 Å². The summed E-state index contributed by atoms with van der Waals surface area (Å²) in [6, 6.07) is 7.32. The van der Waals surface area contributed by atoms with Gasteiger partial charge < -0.3 is 10.1 Å². The average molecular weight is 474 g/mol. The first-order valence-corrected chi connectivity index (χ1v) is 12.1. The molecule has 2 fully saturated rings. The van der Waals surface area contributed by atoms with Crippen molar-refractivity contribution in [2.75, 3.05) is 52.5 Å². The van der Waals surface area contributed by atoms with Crippen LogP contribution in [0.2, 0.25) is 0 Å². The molecule has 0 bridgehead atoms. The van der Waals surface area contributed by atoms with Gasteiger partial charge in [0.15, 0.2) is 0 Å². The van der Waals surface area contributed by atoms with Crippen LogP contribution in [-0.4, -0.2) is 76.0 Å². The number of rotatable bonds is 7. The highest BCUT2D eigenvalue weighted by atomic mass is 79.9. The normalized spacial score (nSPS) is 20.2. The highest BCUT2D eigenvalue weighted by Crippen LogP contribution is 2.22. The highest BCUT2D eigenvalue weighted by molar-refractivity contribution is 9.10. The predicted molar refractivity (Wildman–Crippen MR) is 111 cm³/mol. The topological polar surface area (TPSA) is 79.0 Å². The van der Waals surface area contributed by atoms with Crippen LogP contribution in [0.4, 0.5) is 0 Å². The van der Waals surface area contributed by atoms with E-state index < -0.39 is 10.0 Å². The standard InChI is InChI=1S/C19H28BrN3O4S/c20-18-3-1-16(2-4-18)15-28(25,26)23-8-5-17(6-9-23)19(24)21-7-10-22-11-13-27-14-12-22/h1-4,17H,5-15H2,(H,21,24). The molecule has 0 radical (unpaired) electrons. The van der Waals surface area contributed by atoms with Gasteiger partial charge in [0, 0.05) is 49.7 Å². The Bertz CT molecular complexity index is 743. The van der Waals surface area contributed by atoms with E-state index in [1.807, 2.05) is 24.3 Å². The molecule has 0 saturated carbocycles. The van der Waals surface area contributed by atoms with Gasteiger partial charge in [-0.1, -0.05) is 28.1 Å². The Morgan fingerprint density at radius 3 is 2.39 bits per heavy atom. The second-order valence-corrected chi connectivity index (χ2v) is 10.2. The fraction of sp³-hybridized carbons (Fsp3) is 0.632. The summed E-state index contributed by atoms with van der Waals surface area (Å²) in [5, 5.41) is 3.00. The van der Waals surface area contributed by atoms with Crippen molar-refractivity contribution in [1.82, 2.24) is 14.5 Å². The number of carbonyl (C=O) groups excluding carboxylic acids is 1. The monoisotopic (exact) mass is 473 g/mol. The summed E-state index contributed by atoms with van der Waals surface area (Å²) < 4.78 is 33.1. The second kappa shape index (κ2) is 10.2. The summed E-state index contributed by atoms with van der Waals surface area (Å²) in [5.74, 6) is -0.0708. The zero-order valence-electron chi connectivity index (χ0n) is 16.0. The first-order valence-electron chi connectivity index (χ1n) is 9.74. The summed E-state index contributed by atoms with van der Waals surface area (Å²) in [6.45, 7) is 5.58. The summed E-state index contributed by atoms with van der Waals surface area (Å²) in [5.41, 5.74) is 0.770. The molecule has 7 nitrogen and oxygen atoms in total. The molecule has 0 spiro atoms. The number of nitrogens with zero attached hydrogens (tertiary/aromatic N) is 2. The number of amides is 1. The maximum Gasteiger partial charge on any atom is 0.223 e. The molecule has 9 heteroatoms. The third kappa shape index (κ3) is 6.25. The van der Waals surface area contributed by atoms with Gasteiger partial charge in [-0.05, 0) is 30.5 Å². The Morgan fingerprint density at radius 2 is 1.75 bits per heavy atom. The molecule has 0 atom stereocenters.